The molecule has 0 saturated carbocycles. The Morgan fingerprint density at radius 3 is 2.87 bits per heavy atom. The number of para-hydroxylation sites is 2. The van der Waals surface area contributed by atoms with E-state index in [1.165, 1.54) is 0 Å². The minimum atomic E-state index is -1.22. The topological polar surface area (TPSA) is 75.6 Å². The van der Waals surface area contributed by atoms with Crippen LogP contribution in [0.2, 0.25) is 0 Å². The normalized spacial score (nSPS) is 16.5. The van der Waals surface area contributed by atoms with Crippen molar-refractivity contribution < 1.29 is 19.4 Å². The average molecular weight is 205 g/mol. The van der Waals surface area contributed by atoms with E-state index in [1.54, 1.807) is 24.3 Å². The van der Waals surface area contributed by atoms with E-state index in [9.17, 15) is 9.59 Å². The van der Waals surface area contributed by atoms with Crippen molar-refractivity contribution in [2.45, 2.75) is 0 Å². The number of amides is 1. The molecule has 1 aromatic carbocycles. The van der Waals surface area contributed by atoms with E-state index < -0.39 is 11.9 Å². The number of benzene rings is 1. The lowest BCUT2D eigenvalue weighted by Gasteiger charge is -2.18. The molecule has 76 valence electrons. The summed E-state index contributed by atoms with van der Waals surface area (Å²) in [5, 5.41) is 11.0. The minimum Gasteiger partial charge on any atom is -0.478 e. The molecular formula is C10H7NO4. The number of carbonyl (C=O) groups excluding carboxylic acids is 1. The number of hydrogen-bond acceptors (Lipinski definition) is 3. The first kappa shape index (κ1) is 9.26. The fraction of sp³-hybridized carbons (Fsp3) is 0. The Morgan fingerprint density at radius 2 is 2.13 bits per heavy atom. The number of fused-ring (bicyclic) bond motifs is 1. The molecule has 0 aromatic heterocycles. The van der Waals surface area contributed by atoms with Crippen LogP contribution in [0.15, 0.2) is 36.1 Å². The second-order valence-electron chi connectivity index (χ2n) is 2.90. The third-order valence-corrected chi connectivity index (χ3v) is 1.83. The summed E-state index contributed by atoms with van der Waals surface area (Å²) >= 11 is 0. The van der Waals surface area contributed by atoms with Crippen LogP contribution >= 0.6 is 0 Å². The van der Waals surface area contributed by atoms with Gasteiger partial charge in [-0.2, -0.15) is 0 Å². The maximum Gasteiger partial charge on any atom is 0.332 e. The van der Waals surface area contributed by atoms with Crippen LogP contribution in [0.3, 0.4) is 0 Å². The van der Waals surface area contributed by atoms with Gasteiger partial charge in [-0.15, -0.1) is 0 Å². The molecule has 2 rings (SSSR count). The van der Waals surface area contributed by atoms with E-state index in [-0.39, 0.29) is 5.76 Å². The van der Waals surface area contributed by atoms with Crippen molar-refractivity contribution in [3.8, 4) is 5.75 Å². The van der Waals surface area contributed by atoms with Gasteiger partial charge in [-0.05, 0) is 12.1 Å². The molecule has 0 aliphatic carbocycles. The largest absolute Gasteiger partial charge is 0.478 e. The molecule has 1 aromatic rings. The fourth-order valence-corrected chi connectivity index (χ4v) is 1.21. The number of ether oxygens (including phenoxy) is 1. The van der Waals surface area contributed by atoms with Crippen molar-refractivity contribution in [2.75, 3.05) is 5.32 Å². The van der Waals surface area contributed by atoms with E-state index in [1.807, 2.05) is 0 Å². The molecule has 15 heavy (non-hydrogen) atoms. The van der Waals surface area contributed by atoms with Gasteiger partial charge in [-0.25, -0.2) is 4.79 Å². The summed E-state index contributed by atoms with van der Waals surface area (Å²) in [5.41, 5.74) is 0.532. The average Bonchev–Trinajstić information content (AvgIpc) is 2.18. The van der Waals surface area contributed by atoms with Crippen LogP contribution in [0.4, 0.5) is 5.69 Å². The van der Waals surface area contributed by atoms with Gasteiger partial charge in [0, 0.05) is 0 Å². The van der Waals surface area contributed by atoms with E-state index >= 15 is 0 Å². The first-order valence-electron chi connectivity index (χ1n) is 4.19. The maximum atomic E-state index is 11.3. The molecule has 0 fully saturated rings. The highest BCUT2D eigenvalue weighted by atomic mass is 16.5. The van der Waals surface area contributed by atoms with Crippen LogP contribution in [0.1, 0.15) is 0 Å². The second-order valence-corrected chi connectivity index (χ2v) is 2.90. The molecule has 5 heteroatoms. The summed E-state index contributed by atoms with van der Waals surface area (Å²) in [6.45, 7) is 0. The molecule has 0 saturated heterocycles. The van der Waals surface area contributed by atoms with Crippen molar-refractivity contribution in [3.05, 3.63) is 36.1 Å². The second kappa shape index (κ2) is 3.45. The lowest BCUT2D eigenvalue weighted by atomic mass is 10.2. The van der Waals surface area contributed by atoms with Crippen molar-refractivity contribution >= 4 is 17.6 Å². The van der Waals surface area contributed by atoms with Crippen molar-refractivity contribution in [1.29, 1.82) is 0 Å². The number of aliphatic carboxylic acids is 1. The summed E-state index contributed by atoms with van der Waals surface area (Å²) in [6, 6.07) is 6.79. The highest BCUT2D eigenvalue weighted by Gasteiger charge is 2.22. The van der Waals surface area contributed by atoms with E-state index in [2.05, 4.69) is 5.32 Å². The predicted octanol–water partition coefficient (Wildman–Crippen LogP) is 0.986. The molecule has 0 bridgehead atoms. The molecule has 0 unspecified atom stereocenters. The standard InChI is InChI=1S/C10H7NO4/c12-9(13)5-8-10(14)11-6-3-1-2-4-7(6)15-8/h1-5H,(H,11,14)(H,12,13)/b8-5+. The Bertz CT molecular complexity index is 464. The zero-order valence-corrected chi connectivity index (χ0v) is 7.56. The summed E-state index contributed by atoms with van der Waals surface area (Å²) < 4.78 is 5.12. The number of anilines is 1. The molecule has 0 atom stereocenters. The summed E-state index contributed by atoms with van der Waals surface area (Å²) in [5.74, 6) is -1.57. The highest BCUT2D eigenvalue weighted by molar-refractivity contribution is 6.08. The van der Waals surface area contributed by atoms with Gasteiger partial charge in [0.25, 0.3) is 5.91 Å². The maximum absolute atomic E-state index is 11.3. The lowest BCUT2D eigenvalue weighted by Crippen LogP contribution is -2.24. The Hall–Kier alpha value is -2.30. The fourth-order valence-electron chi connectivity index (χ4n) is 1.21. The van der Waals surface area contributed by atoms with Crippen molar-refractivity contribution in [1.82, 2.24) is 0 Å². The molecule has 1 aliphatic rings. The smallest absolute Gasteiger partial charge is 0.332 e. The zero-order valence-electron chi connectivity index (χ0n) is 7.56. The Balaban J connectivity index is 2.38. The third kappa shape index (κ3) is 1.80. The van der Waals surface area contributed by atoms with Gasteiger partial charge in [0.1, 0.15) is 0 Å². The summed E-state index contributed by atoms with van der Waals surface area (Å²) in [7, 11) is 0. The van der Waals surface area contributed by atoms with Crippen LogP contribution in [0.25, 0.3) is 0 Å². The van der Waals surface area contributed by atoms with Gasteiger partial charge in [0.2, 0.25) is 0 Å². The summed E-state index contributed by atoms with van der Waals surface area (Å²) in [6.07, 6.45) is 0.727. The number of nitrogens with one attached hydrogen (secondary N) is 1. The Kier molecular flexibility index (Phi) is 2.13. The molecule has 0 spiro atoms. The van der Waals surface area contributed by atoms with E-state index in [0.29, 0.717) is 11.4 Å². The van der Waals surface area contributed by atoms with Crippen LogP contribution in [-0.2, 0) is 9.59 Å². The minimum absolute atomic E-state index is 0.221. The molecule has 0 radical (unpaired) electrons. The first-order chi connectivity index (χ1) is 7.16. The Morgan fingerprint density at radius 1 is 1.40 bits per heavy atom. The van der Waals surface area contributed by atoms with Gasteiger partial charge in [-0.1, -0.05) is 12.1 Å². The SMILES string of the molecule is O=C(O)/C=C1/Oc2ccccc2NC1=O. The first-order valence-corrected chi connectivity index (χ1v) is 4.19. The molecule has 1 amide bonds. The van der Waals surface area contributed by atoms with Gasteiger partial charge in [0.15, 0.2) is 11.5 Å². The number of carboxylic acids is 1. The highest BCUT2D eigenvalue weighted by Crippen LogP contribution is 2.29. The quantitative estimate of drug-likeness (QED) is 0.670. The van der Waals surface area contributed by atoms with Crippen molar-refractivity contribution in [3.63, 3.8) is 0 Å². The molecular weight excluding hydrogens is 198 g/mol. The third-order valence-electron chi connectivity index (χ3n) is 1.83. The van der Waals surface area contributed by atoms with Gasteiger partial charge >= 0.3 is 5.97 Å². The number of carbonyl (C=O) groups is 2. The molecule has 2 N–H and O–H groups in total. The van der Waals surface area contributed by atoms with Gasteiger partial charge in [-0.3, -0.25) is 4.79 Å². The summed E-state index contributed by atoms with van der Waals surface area (Å²) in [4.78, 5) is 21.7. The predicted molar refractivity (Wildman–Crippen MR) is 51.4 cm³/mol. The number of hydrogen-bond donors (Lipinski definition) is 2. The van der Waals surface area contributed by atoms with Gasteiger partial charge < -0.3 is 15.2 Å². The van der Waals surface area contributed by atoms with Gasteiger partial charge in [0.05, 0.1) is 11.8 Å². The van der Waals surface area contributed by atoms with Crippen LogP contribution in [-0.4, -0.2) is 17.0 Å². The monoisotopic (exact) mass is 205 g/mol. The molecule has 5 nitrogen and oxygen atoms in total. The van der Waals surface area contributed by atoms with Crippen LogP contribution < -0.4 is 10.1 Å². The molecule has 1 heterocycles. The van der Waals surface area contributed by atoms with E-state index in [4.69, 9.17) is 9.84 Å². The lowest BCUT2D eigenvalue weighted by molar-refractivity contribution is -0.132. The van der Waals surface area contributed by atoms with Crippen LogP contribution in [0, 0.1) is 0 Å². The zero-order chi connectivity index (χ0) is 10.8. The van der Waals surface area contributed by atoms with Crippen LogP contribution in [0.5, 0.6) is 5.75 Å². The van der Waals surface area contributed by atoms with Crippen molar-refractivity contribution in [2.24, 2.45) is 0 Å². The van der Waals surface area contributed by atoms with E-state index in [0.717, 1.165) is 6.08 Å². The molecule has 1 aliphatic heterocycles. The number of rotatable bonds is 1. The number of carboxylic acid groups (broad SMARTS) is 1. The Labute approximate surface area is 85.0 Å².